The Balaban J connectivity index is 1.49. The van der Waals surface area contributed by atoms with Gasteiger partial charge in [-0.05, 0) is 48.6 Å². The molecule has 2 aliphatic heterocycles. The Bertz CT molecular complexity index is 643. The number of hydrogen-bond donors (Lipinski definition) is 1. The summed E-state index contributed by atoms with van der Waals surface area (Å²) >= 11 is 0. The lowest BCUT2D eigenvalue weighted by atomic mass is 9.84. The third-order valence-electron chi connectivity index (χ3n) is 5.02. The first-order valence-corrected chi connectivity index (χ1v) is 8.30. The van der Waals surface area contributed by atoms with Crippen LogP contribution in [0.2, 0.25) is 0 Å². The molecule has 3 nitrogen and oxygen atoms in total. The Morgan fingerprint density at radius 2 is 1.77 bits per heavy atom. The van der Waals surface area contributed by atoms with Gasteiger partial charge in [0.05, 0.1) is 5.60 Å². The van der Waals surface area contributed by atoms with Gasteiger partial charge in [0.1, 0.15) is 0 Å². The first kappa shape index (κ1) is 14.0. The molecule has 1 unspecified atom stereocenters. The minimum Gasteiger partial charge on any atom is -0.382 e. The Morgan fingerprint density at radius 1 is 0.955 bits per heavy atom. The lowest BCUT2D eigenvalue weighted by Crippen LogP contribution is -2.47. The van der Waals surface area contributed by atoms with Gasteiger partial charge >= 0.3 is 0 Å². The van der Waals surface area contributed by atoms with Gasteiger partial charge in [-0.1, -0.05) is 30.3 Å². The zero-order chi connectivity index (χ0) is 14.8. The van der Waals surface area contributed by atoms with Crippen LogP contribution in [0, 0.1) is 0 Å². The van der Waals surface area contributed by atoms with E-state index in [1.807, 2.05) is 0 Å². The fraction of sp³-hybridized carbons (Fsp3) is 0.474. The SMILES string of the molecule is c1ccc2cc(NC3CCOC4(CCOCC4)C3)ccc2c1. The van der Waals surface area contributed by atoms with E-state index in [0.717, 1.165) is 45.5 Å². The molecule has 116 valence electrons. The second-order valence-electron chi connectivity index (χ2n) is 6.54. The summed E-state index contributed by atoms with van der Waals surface area (Å²) in [7, 11) is 0. The van der Waals surface area contributed by atoms with Crippen molar-refractivity contribution >= 4 is 16.5 Å². The zero-order valence-corrected chi connectivity index (χ0v) is 12.9. The second-order valence-corrected chi connectivity index (χ2v) is 6.54. The number of rotatable bonds is 2. The molecule has 2 aromatic carbocycles. The molecule has 2 fully saturated rings. The standard InChI is InChI=1S/C19H23NO2/c1-2-4-16-13-17(6-5-15(16)3-1)20-18-7-10-22-19(14-18)8-11-21-12-9-19/h1-6,13,18,20H,7-12,14H2. The van der Waals surface area contributed by atoms with Crippen LogP contribution in [0.4, 0.5) is 5.69 Å². The van der Waals surface area contributed by atoms with Crippen LogP contribution in [0.5, 0.6) is 0 Å². The highest BCUT2D eigenvalue weighted by molar-refractivity contribution is 5.85. The van der Waals surface area contributed by atoms with Crippen LogP contribution >= 0.6 is 0 Å². The lowest BCUT2D eigenvalue weighted by Gasteiger charge is -2.43. The lowest BCUT2D eigenvalue weighted by molar-refractivity contribution is -0.135. The fourth-order valence-corrected chi connectivity index (χ4v) is 3.76. The highest BCUT2D eigenvalue weighted by atomic mass is 16.5. The fourth-order valence-electron chi connectivity index (χ4n) is 3.76. The molecule has 0 aliphatic carbocycles. The first-order chi connectivity index (χ1) is 10.8. The molecular formula is C19H23NO2. The van der Waals surface area contributed by atoms with Gasteiger partial charge in [0.15, 0.2) is 0 Å². The van der Waals surface area contributed by atoms with Crippen LogP contribution in [-0.4, -0.2) is 31.5 Å². The van der Waals surface area contributed by atoms with E-state index in [-0.39, 0.29) is 5.60 Å². The third kappa shape index (κ3) is 2.83. The molecule has 0 amide bonds. The Hall–Kier alpha value is -1.58. The highest BCUT2D eigenvalue weighted by Crippen LogP contribution is 2.35. The molecule has 1 N–H and O–H groups in total. The molecule has 0 saturated carbocycles. The smallest absolute Gasteiger partial charge is 0.0745 e. The van der Waals surface area contributed by atoms with Crippen molar-refractivity contribution in [1.82, 2.24) is 0 Å². The average molecular weight is 297 g/mol. The summed E-state index contributed by atoms with van der Waals surface area (Å²) in [4.78, 5) is 0. The maximum atomic E-state index is 6.12. The van der Waals surface area contributed by atoms with E-state index in [4.69, 9.17) is 9.47 Å². The maximum Gasteiger partial charge on any atom is 0.0745 e. The Morgan fingerprint density at radius 3 is 2.64 bits per heavy atom. The summed E-state index contributed by atoms with van der Waals surface area (Å²) in [6.07, 6.45) is 4.23. The minimum atomic E-state index is 0.0466. The maximum absolute atomic E-state index is 6.12. The van der Waals surface area contributed by atoms with Crippen LogP contribution in [0.15, 0.2) is 42.5 Å². The molecule has 2 aromatic rings. The molecule has 3 heteroatoms. The summed E-state index contributed by atoms with van der Waals surface area (Å²) in [6.45, 7) is 2.52. The van der Waals surface area contributed by atoms with Crippen molar-refractivity contribution in [1.29, 1.82) is 0 Å². The zero-order valence-electron chi connectivity index (χ0n) is 12.9. The first-order valence-electron chi connectivity index (χ1n) is 8.30. The molecule has 1 atom stereocenters. The van der Waals surface area contributed by atoms with Gasteiger partial charge in [0.2, 0.25) is 0 Å². The highest BCUT2D eigenvalue weighted by Gasteiger charge is 2.38. The van der Waals surface area contributed by atoms with Crippen LogP contribution in [0.3, 0.4) is 0 Å². The van der Waals surface area contributed by atoms with Gasteiger partial charge in [0.25, 0.3) is 0 Å². The van der Waals surface area contributed by atoms with Crippen molar-refractivity contribution in [3.8, 4) is 0 Å². The average Bonchev–Trinajstić information content (AvgIpc) is 2.56. The number of anilines is 1. The van der Waals surface area contributed by atoms with Gasteiger partial charge in [0, 0.05) is 31.5 Å². The minimum absolute atomic E-state index is 0.0466. The van der Waals surface area contributed by atoms with Gasteiger partial charge in [-0.25, -0.2) is 0 Å². The summed E-state index contributed by atoms with van der Waals surface area (Å²) in [5.74, 6) is 0. The molecule has 0 bridgehead atoms. The van der Waals surface area contributed by atoms with E-state index in [2.05, 4.69) is 47.8 Å². The monoisotopic (exact) mass is 297 g/mol. The molecule has 2 heterocycles. The topological polar surface area (TPSA) is 30.5 Å². The van der Waals surface area contributed by atoms with Crippen molar-refractivity contribution in [2.75, 3.05) is 25.1 Å². The van der Waals surface area contributed by atoms with Crippen molar-refractivity contribution in [3.05, 3.63) is 42.5 Å². The number of hydrogen-bond acceptors (Lipinski definition) is 3. The molecule has 2 saturated heterocycles. The van der Waals surface area contributed by atoms with Gasteiger partial charge < -0.3 is 14.8 Å². The van der Waals surface area contributed by atoms with Gasteiger partial charge in [-0.2, -0.15) is 0 Å². The van der Waals surface area contributed by atoms with Gasteiger partial charge in [-0.15, -0.1) is 0 Å². The van der Waals surface area contributed by atoms with E-state index in [0.29, 0.717) is 6.04 Å². The van der Waals surface area contributed by atoms with E-state index >= 15 is 0 Å². The van der Waals surface area contributed by atoms with E-state index < -0.39 is 0 Å². The normalized spacial score (nSPS) is 24.5. The van der Waals surface area contributed by atoms with E-state index in [9.17, 15) is 0 Å². The Labute approximate surface area is 131 Å². The largest absolute Gasteiger partial charge is 0.382 e. The number of nitrogens with one attached hydrogen (secondary N) is 1. The number of fused-ring (bicyclic) bond motifs is 1. The molecule has 2 aliphatic rings. The Kier molecular flexibility index (Phi) is 3.77. The van der Waals surface area contributed by atoms with Crippen molar-refractivity contribution in [3.63, 3.8) is 0 Å². The second kappa shape index (κ2) is 5.90. The van der Waals surface area contributed by atoms with E-state index in [1.54, 1.807) is 0 Å². The predicted molar refractivity (Wildman–Crippen MR) is 89.3 cm³/mol. The third-order valence-corrected chi connectivity index (χ3v) is 5.02. The molecule has 0 aromatic heterocycles. The molecule has 22 heavy (non-hydrogen) atoms. The summed E-state index contributed by atoms with van der Waals surface area (Å²) < 4.78 is 11.6. The summed E-state index contributed by atoms with van der Waals surface area (Å²) in [5, 5.41) is 6.31. The molecule has 0 radical (unpaired) electrons. The quantitative estimate of drug-likeness (QED) is 0.909. The number of benzene rings is 2. The van der Waals surface area contributed by atoms with Gasteiger partial charge in [-0.3, -0.25) is 0 Å². The van der Waals surface area contributed by atoms with Crippen LogP contribution < -0.4 is 5.32 Å². The van der Waals surface area contributed by atoms with Crippen molar-refractivity contribution in [2.45, 2.75) is 37.3 Å². The molecular weight excluding hydrogens is 274 g/mol. The van der Waals surface area contributed by atoms with Crippen molar-refractivity contribution in [2.24, 2.45) is 0 Å². The van der Waals surface area contributed by atoms with Crippen LogP contribution in [-0.2, 0) is 9.47 Å². The predicted octanol–water partition coefficient (Wildman–Crippen LogP) is 3.98. The van der Waals surface area contributed by atoms with Crippen molar-refractivity contribution < 1.29 is 9.47 Å². The van der Waals surface area contributed by atoms with E-state index in [1.165, 1.54) is 16.5 Å². The molecule has 4 rings (SSSR count). The summed E-state index contributed by atoms with van der Waals surface area (Å²) in [6, 6.07) is 15.6. The molecule has 1 spiro atoms. The van der Waals surface area contributed by atoms with Crippen LogP contribution in [0.1, 0.15) is 25.7 Å². The van der Waals surface area contributed by atoms with Crippen LogP contribution in [0.25, 0.3) is 10.8 Å². The number of ether oxygens (including phenoxy) is 2. The summed E-state index contributed by atoms with van der Waals surface area (Å²) in [5.41, 5.74) is 1.26.